The lowest BCUT2D eigenvalue weighted by Gasteiger charge is -2.11. The first-order valence-electron chi connectivity index (χ1n) is 7.04. The van der Waals surface area contributed by atoms with Crippen molar-refractivity contribution in [3.05, 3.63) is 30.2 Å². The number of rotatable bonds is 7. The van der Waals surface area contributed by atoms with Gasteiger partial charge in [-0.15, -0.1) is 0 Å². The largest absolute Gasteiger partial charge is 0.504 e. The number of pyridine rings is 1. The molecule has 2 rings (SSSR count). The second kappa shape index (κ2) is 6.57. The average Bonchev–Trinajstić information content (AvgIpc) is 2.87. The molecule has 1 atom stereocenters. The van der Waals surface area contributed by atoms with Gasteiger partial charge in [0.15, 0.2) is 11.4 Å². The van der Waals surface area contributed by atoms with Crippen LogP contribution in [0.3, 0.4) is 0 Å². The number of hydrogen-bond acceptors (Lipinski definition) is 3. The third-order valence-corrected chi connectivity index (χ3v) is 3.51. The second-order valence-electron chi connectivity index (χ2n) is 5.04. The molecule has 19 heavy (non-hydrogen) atoms. The first kappa shape index (κ1) is 13.9. The van der Waals surface area contributed by atoms with Gasteiger partial charge in [0.25, 0.3) is 0 Å². The Labute approximate surface area is 113 Å². The van der Waals surface area contributed by atoms with Crippen LogP contribution >= 0.6 is 0 Å². The van der Waals surface area contributed by atoms with Crippen LogP contribution < -0.4 is 0 Å². The quantitative estimate of drug-likeness (QED) is 0.754. The summed E-state index contributed by atoms with van der Waals surface area (Å²) in [5, 5.41) is 20.0. The predicted molar refractivity (Wildman–Crippen MR) is 75.3 cm³/mol. The summed E-state index contributed by atoms with van der Waals surface area (Å²) in [6.07, 6.45) is 10.7. The van der Waals surface area contributed by atoms with Gasteiger partial charge in [0, 0.05) is 18.6 Å². The van der Waals surface area contributed by atoms with Crippen molar-refractivity contribution in [2.75, 3.05) is 0 Å². The summed E-state index contributed by atoms with van der Waals surface area (Å²) in [5.74, 6) is 0.230. The third-order valence-electron chi connectivity index (χ3n) is 3.51. The van der Waals surface area contributed by atoms with E-state index in [1.165, 1.54) is 12.8 Å². The SMILES string of the molecule is CCCCCC(O)CCc1ccn2ccnc2c1O. The lowest BCUT2D eigenvalue weighted by atomic mass is 10.0. The van der Waals surface area contributed by atoms with Crippen molar-refractivity contribution >= 4 is 5.65 Å². The van der Waals surface area contributed by atoms with Crippen LogP contribution in [0, 0.1) is 0 Å². The molecule has 0 saturated heterocycles. The molecule has 2 heterocycles. The Morgan fingerprint density at radius 3 is 2.89 bits per heavy atom. The number of fused-ring (bicyclic) bond motifs is 1. The van der Waals surface area contributed by atoms with Gasteiger partial charge in [-0.05, 0) is 30.9 Å². The second-order valence-corrected chi connectivity index (χ2v) is 5.04. The molecule has 0 saturated carbocycles. The summed E-state index contributed by atoms with van der Waals surface area (Å²) in [6.45, 7) is 2.16. The zero-order chi connectivity index (χ0) is 13.7. The predicted octanol–water partition coefficient (Wildman–Crippen LogP) is 2.91. The molecule has 0 fully saturated rings. The maximum Gasteiger partial charge on any atom is 0.179 e. The van der Waals surface area contributed by atoms with Crippen LogP contribution in [0.4, 0.5) is 0 Å². The lowest BCUT2D eigenvalue weighted by Crippen LogP contribution is -2.08. The van der Waals surface area contributed by atoms with E-state index in [0.29, 0.717) is 18.5 Å². The van der Waals surface area contributed by atoms with Crippen LogP contribution in [0.1, 0.15) is 44.6 Å². The summed E-state index contributed by atoms with van der Waals surface area (Å²) in [7, 11) is 0. The number of aryl methyl sites for hydroxylation is 1. The molecular weight excluding hydrogens is 240 g/mol. The van der Waals surface area contributed by atoms with E-state index in [1.807, 2.05) is 12.3 Å². The normalized spacial score (nSPS) is 12.9. The molecule has 0 aliphatic carbocycles. The van der Waals surface area contributed by atoms with Crippen LogP contribution in [0.5, 0.6) is 5.75 Å². The molecule has 2 aromatic rings. The first-order valence-corrected chi connectivity index (χ1v) is 7.04. The van der Waals surface area contributed by atoms with E-state index < -0.39 is 0 Å². The molecule has 2 aromatic heterocycles. The van der Waals surface area contributed by atoms with E-state index in [1.54, 1.807) is 16.8 Å². The number of nitrogens with zero attached hydrogens (tertiary/aromatic N) is 2. The van der Waals surface area contributed by atoms with Gasteiger partial charge >= 0.3 is 0 Å². The Kier molecular flexibility index (Phi) is 4.80. The summed E-state index contributed by atoms with van der Waals surface area (Å²) >= 11 is 0. The fourth-order valence-corrected chi connectivity index (χ4v) is 2.31. The van der Waals surface area contributed by atoms with Crippen molar-refractivity contribution in [2.45, 2.75) is 51.6 Å². The number of aromatic nitrogens is 2. The zero-order valence-corrected chi connectivity index (χ0v) is 11.4. The standard InChI is InChI=1S/C15H22N2O2/c1-2-3-4-5-13(18)7-6-12-8-10-17-11-9-16-15(17)14(12)19/h8-11,13,18-19H,2-7H2,1H3. The van der Waals surface area contributed by atoms with Crippen molar-refractivity contribution in [1.82, 2.24) is 9.38 Å². The van der Waals surface area contributed by atoms with Gasteiger partial charge in [-0.2, -0.15) is 0 Å². The molecule has 0 bridgehead atoms. The maximum atomic E-state index is 10.1. The Bertz CT molecular complexity index is 522. The lowest BCUT2D eigenvalue weighted by molar-refractivity contribution is 0.151. The highest BCUT2D eigenvalue weighted by Crippen LogP contribution is 2.24. The number of hydrogen-bond donors (Lipinski definition) is 2. The zero-order valence-electron chi connectivity index (χ0n) is 11.4. The Hall–Kier alpha value is -1.55. The van der Waals surface area contributed by atoms with Crippen molar-refractivity contribution in [2.24, 2.45) is 0 Å². The summed E-state index contributed by atoms with van der Waals surface area (Å²) in [4.78, 5) is 4.12. The molecule has 0 amide bonds. The van der Waals surface area contributed by atoms with E-state index in [4.69, 9.17) is 0 Å². The molecule has 4 nitrogen and oxygen atoms in total. The summed E-state index contributed by atoms with van der Waals surface area (Å²) < 4.78 is 1.79. The minimum absolute atomic E-state index is 0.230. The van der Waals surface area contributed by atoms with Gasteiger partial charge in [0.05, 0.1) is 6.10 Å². The molecule has 104 valence electrons. The molecule has 0 aliphatic rings. The van der Waals surface area contributed by atoms with E-state index in [-0.39, 0.29) is 11.9 Å². The van der Waals surface area contributed by atoms with E-state index in [9.17, 15) is 10.2 Å². The Balaban J connectivity index is 1.92. The fourth-order valence-electron chi connectivity index (χ4n) is 2.31. The van der Waals surface area contributed by atoms with Crippen LogP contribution in [-0.4, -0.2) is 25.7 Å². The molecule has 0 spiro atoms. The number of unbranched alkanes of at least 4 members (excludes halogenated alkanes) is 2. The van der Waals surface area contributed by atoms with Gasteiger partial charge in [-0.3, -0.25) is 0 Å². The molecule has 0 aliphatic heterocycles. The van der Waals surface area contributed by atoms with Crippen molar-refractivity contribution in [1.29, 1.82) is 0 Å². The van der Waals surface area contributed by atoms with Gasteiger partial charge in [-0.1, -0.05) is 26.2 Å². The van der Waals surface area contributed by atoms with Crippen molar-refractivity contribution < 1.29 is 10.2 Å². The molecule has 2 N–H and O–H groups in total. The number of aliphatic hydroxyl groups is 1. The third kappa shape index (κ3) is 3.47. The average molecular weight is 262 g/mol. The van der Waals surface area contributed by atoms with Crippen molar-refractivity contribution in [3.63, 3.8) is 0 Å². The van der Waals surface area contributed by atoms with E-state index >= 15 is 0 Å². The maximum absolute atomic E-state index is 10.1. The number of imidazole rings is 1. The van der Waals surface area contributed by atoms with Gasteiger partial charge in [-0.25, -0.2) is 4.98 Å². The fraction of sp³-hybridized carbons (Fsp3) is 0.533. The molecular formula is C15H22N2O2. The minimum atomic E-state index is -0.276. The minimum Gasteiger partial charge on any atom is -0.504 e. The molecule has 0 aromatic carbocycles. The van der Waals surface area contributed by atoms with Crippen LogP contribution in [0.2, 0.25) is 0 Å². The smallest absolute Gasteiger partial charge is 0.179 e. The Morgan fingerprint density at radius 2 is 2.11 bits per heavy atom. The van der Waals surface area contributed by atoms with Crippen LogP contribution in [0.15, 0.2) is 24.7 Å². The van der Waals surface area contributed by atoms with E-state index in [2.05, 4.69) is 11.9 Å². The van der Waals surface area contributed by atoms with Crippen LogP contribution in [-0.2, 0) is 6.42 Å². The van der Waals surface area contributed by atoms with Gasteiger partial charge < -0.3 is 14.6 Å². The molecule has 4 heteroatoms. The van der Waals surface area contributed by atoms with Gasteiger partial charge in [0.2, 0.25) is 0 Å². The monoisotopic (exact) mass is 262 g/mol. The molecule has 0 radical (unpaired) electrons. The highest BCUT2D eigenvalue weighted by Gasteiger charge is 2.10. The van der Waals surface area contributed by atoms with Crippen LogP contribution in [0.25, 0.3) is 5.65 Å². The van der Waals surface area contributed by atoms with Gasteiger partial charge in [0.1, 0.15) is 0 Å². The number of aromatic hydroxyl groups is 1. The Morgan fingerprint density at radius 1 is 1.26 bits per heavy atom. The summed E-state index contributed by atoms with van der Waals surface area (Å²) in [5.41, 5.74) is 1.44. The summed E-state index contributed by atoms with van der Waals surface area (Å²) in [6, 6.07) is 1.89. The topological polar surface area (TPSA) is 57.8 Å². The highest BCUT2D eigenvalue weighted by atomic mass is 16.3. The van der Waals surface area contributed by atoms with Crippen molar-refractivity contribution in [3.8, 4) is 5.75 Å². The first-order chi connectivity index (χ1) is 9.22. The number of aliphatic hydroxyl groups excluding tert-OH is 1. The van der Waals surface area contributed by atoms with E-state index in [0.717, 1.165) is 18.4 Å². The molecule has 1 unspecified atom stereocenters. The highest BCUT2D eigenvalue weighted by molar-refractivity contribution is 5.56.